The molecule has 0 aliphatic rings. The molecule has 0 bridgehead atoms. The Morgan fingerprint density at radius 2 is 2.25 bits per heavy atom. The minimum atomic E-state index is 0.364. The molecule has 0 aromatic carbocycles. The van der Waals surface area contributed by atoms with E-state index in [-0.39, 0.29) is 0 Å². The average Bonchev–Trinajstić information content (AvgIpc) is 2.51. The third-order valence-corrected chi connectivity index (χ3v) is 1.84. The van der Waals surface area contributed by atoms with Crippen molar-refractivity contribution in [3.63, 3.8) is 0 Å². The molecule has 0 atom stereocenters. The minimum Gasteiger partial charge on any atom is -0.441 e. The quantitative estimate of drug-likeness (QED) is 0.672. The predicted octanol–water partition coefficient (Wildman–Crippen LogP) is 3.22. The Balaban J connectivity index is 2.92. The van der Waals surface area contributed by atoms with E-state index in [4.69, 9.17) is 4.42 Å². The Labute approximate surface area is 73.3 Å². The Morgan fingerprint density at radius 1 is 1.58 bits per heavy atom. The molecule has 0 aliphatic heterocycles. The normalized spacial score (nSPS) is 12.6. The highest BCUT2D eigenvalue weighted by molar-refractivity contribution is 5.57. The first-order chi connectivity index (χ1) is 5.65. The number of hydrogen-bond donors (Lipinski definition) is 0. The molecule has 1 heterocycles. The molecule has 1 rings (SSSR count). The molecule has 1 aromatic heterocycles. The van der Waals surface area contributed by atoms with Gasteiger partial charge in [0.05, 0.1) is 6.20 Å². The summed E-state index contributed by atoms with van der Waals surface area (Å²) < 4.78 is 5.52. The van der Waals surface area contributed by atoms with Gasteiger partial charge in [-0.05, 0) is 19.4 Å². The van der Waals surface area contributed by atoms with Crippen molar-refractivity contribution < 1.29 is 4.42 Å². The lowest BCUT2D eigenvalue weighted by Crippen LogP contribution is -1.84. The van der Waals surface area contributed by atoms with Crippen LogP contribution in [0.1, 0.15) is 45.3 Å². The van der Waals surface area contributed by atoms with Crippen LogP contribution in [0, 0.1) is 0 Å². The predicted molar refractivity (Wildman–Crippen MR) is 49.9 cm³/mol. The molecule has 0 fully saturated rings. The number of nitrogens with zero attached hydrogens (tertiary/aromatic N) is 1. The van der Waals surface area contributed by atoms with Gasteiger partial charge in [0.1, 0.15) is 5.76 Å². The monoisotopic (exact) mass is 165 g/mol. The van der Waals surface area contributed by atoms with Crippen LogP contribution in [-0.4, -0.2) is 4.98 Å². The molecule has 2 nitrogen and oxygen atoms in total. The third-order valence-electron chi connectivity index (χ3n) is 1.84. The Bertz CT molecular complexity index is 284. The first kappa shape index (κ1) is 9.04. The van der Waals surface area contributed by atoms with Gasteiger partial charge in [0.25, 0.3) is 0 Å². The summed E-state index contributed by atoms with van der Waals surface area (Å²) in [6, 6.07) is 0. The minimum absolute atomic E-state index is 0.364. The summed E-state index contributed by atoms with van der Waals surface area (Å²) >= 11 is 0. The van der Waals surface area contributed by atoms with Crippen LogP contribution >= 0.6 is 0 Å². The lowest BCUT2D eigenvalue weighted by atomic mass is 10.2. The van der Waals surface area contributed by atoms with Crippen LogP contribution in [0.4, 0.5) is 0 Å². The van der Waals surface area contributed by atoms with Crippen molar-refractivity contribution in [2.45, 2.75) is 33.6 Å². The van der Waals surface area contributed by atoms with Crippen LogP contribution in [0.3, 0.4) is 0 Å². The molecule has 0 radical (unpaired) electrons. The van der Waals surface area contributed by atoms with E-state index in [9.17, 15) is 0 Å². The maximum atomic E-state index is 5.52. The fraction of sp³-hybridized carbons (Fsp3) is 0.500. The third kappa shape index (κ3) is 1.76. The second kappa shape index (κ2) is 3.57. The van der Waals surface area contributed by atoms with E-state index in [0.29, 0.717) is 5.92 Å². The standard InChI is InChI=1S/C10H15NO/c1-5-8(4)9-6-11-10(12-9)7(2)3/h5-7H,1-4H3. The van der Waals surface area contributed by atoms with E-state index < -0.39 is 0 Å². The van der Waals surface area contributed by atoms with Crippen molar-refractivity contribution in [2.24, 2.45) is 0 Å². The van der Waals surface area contributed by atoms with E-state index in [1.807, 2.05) is 19.9 Å². The zero-order chi connectivity index (χ0) is 9.14. The molecule has 66 valence electrons. The lowest BCUT2D eigenvalue weighted by molar-refractivity contribution is 0.462. The smallest absolute Gasteiger partial charge is 0.197 e. The fourth-order valence-electron chi connectivity index (χ4n) is 0.879. The van der Waals surface area contributed by atoms with Crippen molar-refractivity contribution in [3.8, 4) is 0 Å². The summed E-state index contributed by atoms with van der Waals surface area (Å²) in [6.07, 6.45) is 3.80. The summed E-state index contributed by atoms with van der Waals surface area (Å²) in [7, 11) is 0. The molecule has 0 unspecified atom stereocenters. The lowest BCUT2D eigenvalue weighted by Gasteiger charge is -1.96. The summed E-state index contributed by atoms with van der Waals surface area (Å²) in [5, 5.41) is 0. The van der Waals surface area contributed by atoms with Crippen LogP contribution < -0.4 is 0 Å². The van der Waals surface area contributed by atoms with Gasteiger partial charge in [-0.25, -0.2) is 4.98 Å². The number of hydrogen-bond acceptors (Lipinski definition) is 2. The second-order valence-corrected chi connectivity index (χ2v) is 3.19. The first-order valence-electron chi connectivity index (χ1n) is 4.24. The maximum absolute atomic E-state index is 5.52. The van der Waals surface area contributed by atoms with Crippen LogP contribution in [-0.2, 0) is 0 Å². The summed E-state index contributed by atoms with van der Waals surface area (Å²) in [5.41, 5.74) is 1.13. The molecule has 12 heavy (non-hydrogen) atoms. The van der Waals surface area contributed by atoms with E-state index >= 15 is 0 Å². The molecular weight excluding hydrogens is 150 g/mol. The highest BCUT2D eigenvalue weighted by atomic mass is 16.4. The Morgan fingerprint density at radius 3 is 2.67 bits per heavy atom. The molecule has 0 saturated heterocycles. The van der Waals surface area contributed by atoms with Crippen LogP contribution in [0.25, 0.3) is 5.57 Å². The van der Waals surface area contributed by atoms with Crippen molar-refractivity contribution in [1.82, 2.24) is 4.98 Å². The molecule has 0 saturated carbocycles. The Hall–Kier alpha value is -1.05. The maximum Gasteiger partial charge on any atom is 0.197 e. The number of rotatable bonds is 2. The molecule has 0 aliphatic carbocycles. The van der Waals surface area contributed by atoms with E-state index in [1.54, 1.807) is 6.20 Å². The van der Waals surface area contributed by atoms with Gasteiger partial charge in [-0.1, -0.05) is 19.9 Å². The molecule has 2 heteroatoms. The SMILES string of the molecule is CC=C(C)c1cnc(C(C)C)o1. The highest BCUT2D eigenvalue weighted by Gasteiger charge is 2.07. The van der Waals surface area contributed by atoms with Crippen LogP contribution in [0.5, 0.6) is 0 Å². The number of aromatic nitrogens is 1. The summed E-state index contributed by atoms with van der Waals surface area (Å²) in [5.74, 6) is 2.05. The van der Waals surface area contributed by atoms with Crippen LogP contribution in [0.2, 0.25) is 0 Å². The van der Waals surface area contributed by atoms with E-state index in [1.165, 1.54) is 0 Å². The summed E-state index contributed by atoms with van der Waals surface area (Å²) in [4.78, 5) is 4.18. The van der Waals surface area contributed by atoms with Gasteiger partial charge in [-0.3, -0.25) is 0 Å². The van der Waals surface area contributed by atoms with E-state index in [2.05, 4.69) is 18.8 Å². The second-order valence-electron chi connectivity index (χ2n) is 3.19. The highest BCUT2D eigenvalue weighted by Crippen LogP contribution is 2.19. The zero-order valence-electron chi connectivity index (χ0n) is 8.09. The molecular formula is C10H15NO. The topological polar surface area (TPSA) is 26.0 Å². The van der Waals surface area contributed by atoms with E-state index in [0.717, 1.165) is 17.2 Å². The van der Waals surface area contributed by atoms with Crippen molar-refractivity contribution in [3.05, 3.63) is 23.9 Å². The van der Waals surface area contributed by atoms with Gasteiger partial charge in [-0.15, -0.1) is 0 Å². The number of allylic oxidation sites excluding steroid dienone is 2. The van der Waals surface area contributed by atoms with Crippen molar-refractivity contribution in [2.75, 3.05) is 0 Å². The van der Waals surface area contributed by atoms with Gasteiger partial charge in [0, 0.05) is 5.92 Å². The van der Waals surface area contributed by atoms with Gasteiger partial charge in [0.15, 0.2) is 5.89 Å². The van der Waals surface area contributed by atoms with Gasteiger partial charge in [0.2, 0.25) is 0 Å². The molecule has 0 amide bonds. The fourth-order valence-corrected chi connectivity index (χ4v) is 0.879. The van der Waals surface area contributed by atoms with Gasteiger partial charge < -0.3 is 4.42 Å². The number of oxazole rings is 1. The van der Waals surface area contributed by atoms with Gasteiger partial charge >= 0.3 is 0 Å². The summed E-state index contributed by atoms with van der Waals surface area (Å²) in [6.45, 7) is 8.15. The zero-order valence-corrected chi connectivity index (χ0v) is 8.09. The first-order valence-corrected chi connectivity index (χ1v) is 4.24. The molecule has 0 spiro atoms. The average molecular weight is 165 g/mol. The van der Waals surface area contributed by atoms with Crippen molar-refractivity contribution in [1.29, 1.82) is 0 Å². The largest absolute Gasteiger partial charge is 0.441 e. The van der Waals surface area contributed by atoms with Gasteiger partial charge in [-0.2, -0.15) is 0 Å². The molecule has 1 aromatic rings. The van der Waals surface area contributed by atoms with Crippen LogP contribution in [0.15, 0.2) is 16.7 Å². The molecule has 0 N–H and O–H groups in total. The Kier molecular flexibility index (Phi) is 2.69. The van der Waals surface area contributed by atoms with Crippen molar-refractivity contribution >= 4 is 5.57 Å².